The predicted octanol–water partition coefficient (Wildman–Crippen LogP) is 4.17. The van der Waals surface area contributed by atoms with Crippen LogP contribution in [-0.4, -0.2) is 39.7 Å². The van der Waals surface area contributed by atoms with Gasteiger partial charge in [-0.15, -0.1) is 0 Å². The maximum atomic E-state index is 13.7. The summed E-state index contributed by atoms with van der Waals surface area (Å²) in [4.78, 5) is 29.1. The van der Waals surface area contributed by atoms with Crippen molar-refractivity contribution in [3.05, 3.63) is 94.4 Å². The Balaban J connectivity index is 1.46. The predicted molar refractivity (Wildman–Crippen MR) is 139 cm³/mol. The zero-order valence-electron chi connectivity index (χ0n) is 20.1. The Morgan fingerprint density at radius 2 is 1.77 bits per heavy atom. The number of hydrogen-bond donors (Lipinski definition) is 2. The summed E-state index contributed by atoms with van der Waals surface area (Å²) in [5.41, 5.74) is 4.36. The molecule has 2 N–H and O–H groups in total. The Morgan fingerprint density at radius 3 is 2.43 bits per heavy atom. The number of allylic oxidation sites excluding steroid dienone is 1. The highest BCUT2D eigenvalue weighted by atomic mass is 16.3. The third-order valence-corrected chi connectivity index (χ3v) is 7.47. The van der Waals surface area contributed by atoms with Crippen LogP contribution in [0.25, 0.3) is 17.2 Å². The smallest absolute Gasteiger partial charge is 0.258 e. The van der Waals surface area contributed by atoms with Gasteiger partial charge < -0.3 is 15.0 Å². The van der Waals surface area contributed by atoms with Gasteiger partial charge in [-0.2, -0.15) is 0 Å². The van der Waals surface area contributed by atoms with E-state index >= 15 is 0 Å². The van der Waals surface area contributed by atoms with Crippen molar-refractivity contribution in [2.24, 2.45) is 11.8 Å². The first-order valence-corrected chi connectivity index (χ1v) is 12.3. The van der Waals surface area contributed by atoms with Crippen LogP contribution in [0.2, 0.25) is 0 Å². The number of anilines is 1. The molecule has 180 valence electrons. The SMILES string of the molecule is C/C=C\c1ccc2n(c1=O)C[C@H]1[C@H](CO)[C@@H](C(=O)Nc3ccc(-c4ccccc4)cc3)[C@@H]2N1CC. The lowest BCUT2D eigenvalue weighted by molar-refractivity contribution is -0.122. The molecule has 1 amide bonds. The van der Waals surface area contributed by atoms with Crippen molar-refractivity contribution >= 4 is 17.7 Å². The van der Waals surface area contributed by atoms with Gasteiger partial charge in [-0.05, 0) is 48.9 Å². The van der Waals surface area contributed by atoms with Gasteiger partial charge in [-0.3, -0.25) is 14.5 Å². The molecule has 5 rings (SSSR count). The van der Waals surface area contributed by atoms with Gasteiger partial charge in [0, 0.05) is 42.1 Å². The number of nitrogens with one attached hydrogen (secondary N) is 1. The van der Waals surface area contributed by atoms with Crippen LogP contribution in [0.15, 0.2) is 77.6 Å². The minimum absolute atomic E-state index is 0.0411. The molecule has 4 atom stereocenters. The molecule has 2 aliphatic heterocycles. The van der Waals surface area contributed by atoms with E-state index in [1.54, 1.807) is 4.57 Å². The van der Waals surface area contributed by atoms with E-state index in [0.29, 0.717) is 12.1 Å². The fourth-order valence-corrected chi connectivity index (χ4v) is 5.88. The lowest BCUT2D eigenvalue weighted by Gasteiger charge is -2.37. The molecule has 6 heteroatoms. The minimum Gasteiger partial charge on any atom is -0.396 e. The normalized spacial score (nSPS) is 23.4. The molecule has 2 aromatic carbocycles. The van der Waals surface area contributed by atoms with E-state index in [2.05, 4.69) is 29.3 Å². The Bertz CT molecular complexity index is 1300. The second-order valence-electron chi connectivity index (χ2n) is 9.28. The number of likely N-dealkylation sites (N-methyl/N-ethyl adjacent to an activating group) is 1. The Morgan fingerprint density at radius 1 is 1.06 bits per heavy atom. The van der Waals surface area contributed by atoms with Gasteiger partial charge in [0.1, 0.15) is 0 Å². The number of rotatable bonds is 6. The fraction of sp³-hybridized carbons (Fsp3) is 0.310. The Labute approximate surface area is 205 Å². The van der Waals surface area contributed by atoms with E-state index in [9.17, 15) is 14.7 Å². The molecule has 0 saturated carbocycles. The number of carbonyl (C=O) groups is 1. The van der Waals surface area contributed by atoms with Crippen molar-refractivity contribution in [2.45, 2.75) is 32.5 Å². The molecule has 0 unspecified atom stereocenters. The van der Waals surface area contributed by atoms with Gasteiger partial charge in [-0.25, -0.2) is 0 Å². The van der Waals surface area contributed by atoms with Gasteiger partial charge in [0.05, 0.1) is 12.0 Å². The molecule has 35 heavy (non-hydrogen) atoms. The van der Waals surface area contributed by atoms with E-state index in [-0.39, 0.29) is 36.1 Å². The molecule has 3 heterocycles. The average Bonchev–Trinajstić information content (AvgIpc) is 3.12. The summed E-state index contributed by atoms with van der Waals surface area (Å²) in [5, 5.41) is 13.4. The maximum Gasteiger partial charge on any atom is 0.258 e. The highest BCUT2D eigenvalue weighted by molar-refractivity contribution is 5.94. The molecule has 1 fully saturated rings. The number of benzene rings is 2. The molecular weight excluding hydrogens is 438 g/mol. The third kappa shape index (κ3) is 4.03. The van der Waals surface area contributed by atoms with E-state index in [0.717, 1.165) is 29.1 Å². The number of nitrogens with zero attached hydrogens (tertiary/aromatic N) is 2. The Kier molecular flexibility index (Phi) is 6.41. The summed E-state index contributed by atoms with van der Waals surface area (Å²) in [5.74, 6) is -0.839. The van der Waals surface area contributed by atoms with Crippen molar-refractivity contribution in [1.29, 1.82) is 0 Å². The number of fused-ring (bicyclic) bond motifs is 4. The second-order valence-corrected chi connectivity index (χ2v) is 9.28. The van der Waals surface area contributed by atoms with Crippen LogP contribution >= 0.6 is 0 Å². The van der Waals surface area contributed by atoms with Gasteiger partial charge in [-0.1, -0.05) is 61.5 Å². The molecule has 1 aromatic heterocycles. The van der Waals surface area contributed by atoms with Gasteiger partial charge in [0.25, 0.3) is 5.56 Å². The first-order valence-electron chi connectivity index (χ1n) is 12.3. The summed E-state index contributed by atoms with van der Waals surface area (Å²) >= 11 is 0. The molecule has 6 nitrogen and oxygen atoms in total. The van der Waals surface area contributed by atoms with Gasteiger partial charge in [0.15, 0.2) is 0 Å². The van der Waals surface area contributed by atoms with Crippen LogP contribution < -0.4 is 10.9 Å². The number of hydrogen-bond acceptors (Lipinski definition) is 4. The van der Waals surface area contributed by atoms with E-state index in [4.69, 9.17) is 0 Å². The largest absolute Gasteiger partial charge is 0.396 e. The molecule has 1 saturated heterocycles. The van der Waals surface area contributed by atoms with Crippen LogP contribution in [0.5, 0.6) is 0 Å². The fourth-order valence-electron chi connectivity index (χ4n) is 5.88. The number of amides is 1. The molecule has 2 bridgehead atoms. The van der Waals surface area contributed by atoms with Crippen molar-refractivity contribution in [1.82, 2.24) is 9.47 Å². The van der Waals surface area contributed by atoms with Crippen LogP contribution in [0, 0.1) is 11.8 Å². The minimum atomic E-state index is -0.459. The van der Waals surface area contributed by atoms with Crippen molar-refractivity contribution < 1.29 is 9.90 Å². The monoisotopic (exact) mass is 469 g/mol. The number of aliphatic hydroxyl groups excluding tert-OH is 1. The molecule has 3 aromatic rings. The van der Waals surface area contributed by atoms with Crippen molar-refractivity contribution in [3.8, 4) is 11.1 Å². The summed E-state index contributed by atoms with van der Waals surface area (Å²) < 4.78 is 1.81. The summed E-state index contributed by atoms with van der Waals surface area (Å²) in [6.45, 7) is 5.07. The second kappa shape index (κ2) is 9.64. The first-order chi connectivity index (χ1) is 17.1. The highest BCUT2D eigenvalue weighted by Gasteiger charge is 2.55. The van der Waals surface area contributed by atoms with Crippen LogP contribution in [-0.2, 0) is 11.3 Å². The lowest BCUT2D eigenvalue weighted by Crippen LogP contribution is -2.46. The van der Waals surface area contributed by atoms with Crippen LogP contribution in [0.1, 0.15) is 31.1 Å². The molecular formula is C29H31N3O3. The third-order valence-electron chi connectivity index (χ3n) is 7.47. The maximum absolute atomic E-state index is 13.7. The summed E-state index contributed by atoms with van der Waals surface area (Å²) in [6.07, 6.45) is 3.67. The number of pyridine rings is 1. The first kappa shape index (κ1) is 23.3. The molecule has 2 aliphatic rings. The average molecular weight is 470 g/mol. The number of carbonyl (C=O) groups excluding carboxylic acids is 1. The summed E-state index contributed by atoms with van der Waals surface area (Å²) in [6, 6.07) is 21.4. The molecule has 0 aliphatic carbocycles. The highest BCUT2D eigenvalue weighted by Crippen LogP contribution is 2.48. The standard InChI is InChI=1S/C29H31N3O3/c1-3-8-21-13-16-24-27-26(23(18-33)25(31(27)4-2)17-32(24)29(21)35)28(34)30-22-14-11-20(12-15-22)19-9-6-5-7-10-19/h3,5-16,23,25-27,33H,4,17-18H2,1-2H3,(H,30,34)/b8-3-/t23-,25-,26+,27+/m0/s1. The Hall–Kier alpha value is -3.48. The zero-order valence-corrected chi connectivity index (χ0v) is 20.1. The van der Waals surface area contributed by atoms with Gasteiger partial charge in [0.2, 0.25) is 5.91 Å². The number of aromatic nitrogens is 1. The van der Waals surface area contributed by atoms with Crippen molar-refractivity contribution in [3.63, 3.8) is 0 Å². The van der Waals surface area contributed by atoms with Gasteiger partial charge >= 0.3 is 0 Å². The van der Waals surface area contributed by atoms with E-state index in [1.807, 2.05) is 73.7 Å². The van der Waals surface area contributed by atoms with Crippen molar-refractivity contribution in [2.75, 3.05) is 18.5 Å². The topological polar surface area (TPSA) is 74.6 Å². The van der Waals surface area contributed by atoms with Crippen LogP contribution in [0.4, 0.5) is 5.69 Å². The quantitative estimate of drug-likeness (QED) is 0.568. The van der Waals surface area contributed by atoms with Crippen LogP contribution in [0.3, 0.4) is 0 Å². The summed E-state index contributed by atoms with van der Waals surface area (Å²) in [7, 11) is 0. The number of aliphatic hydroxyl groups is 1. The van der Waals surface area contributed by atoms with E-state index in [1.165, 1.54) is 0 Å². The molecule has 0 radical (unpaired) electrons. The lowest BCUT2D eigenvalue weighted by atomic mass is 9.86. The zero-order chi connectivity index (χ0) is 24.5. The van der Waals surface area contributed by atoms with E-state index < -0.39 is 5.92 Å². The molecule has 0 spiro atoms.